The second-order valence-electron chi connectivity index (χ2n) is 6.32. The Morgan fingerprint density at radius 2 is 2.11 bits per heavy atom. The van der Waals surface area contributed by atoms with Gasteiger partial charge in [-0.05, 0) is 45.4 Å². The van der Waals surface area contributed by atoms with Crippen LogP contribution in [0.2, 0.25) is 0 Å². The largest absolute Gasteiger partial charge is 0.376 e. The van der Waals surface area contributed by atoms with Crippen molar-refractivity contribution < 1.29 is 9.53 Å². The molecule has 2 rings (SSSR count). The predicted octanol–water partition coefficient (Wildman–Crippen LogP) is 1.43. The van der Waals surface area contributed by atoms with E-state index in [2.05, 4.69) is 19.2 Å². The summed E-state index contributed by atoms with van der Waals surface area (Å²) < 4.78 is 5.56. The Bertz CT molecular complexity index is 321. The molecule has 1 heterocycles. The Hall–Kier alpha value is -0.610. The highest BCUT2D eigenvalue weighted by Crippen LogP contribution is 2.30. The van der Waals surface area contributed by atoms with Crippen LogP contribution in [-0.4, -0.2) is 30.2 Å². The van der Waals surface area contributed by atoms with Crippen LogP contribution in [-0.2, 0) is 9.53 Å². The van der Waals surface area contributed by atoms with Crippen LogP contribution in [0.1, 0.15) is 46.5 Å². The average Bonchev–Trinajstić information content (AvgIpc) is 2.63. The third-order valence-corrected chi connectivity index (χ3v) is 4.92. The van der Waals surface area contributed by atoms with Gasteiger partial charge in [-0.2, -0.15) is 0 Å². The number of rotatable bonds is 2. The second-order valence-corrected chi connectivity index (χ2v) is 6.32. The molecule has 1 aliphatic carbocycles. The number of carbonyl (C=O) groups is 1. The molecule has 3 N–H and O–H groups in total. The minimum atomic E-state index is -0.204. The van der Waals surface area contributed by atoms with Crippen LogP contribution in [0.15, 0.2) is 0 Å². The average molecular weight is 254 g/mol. The van der Waals surface area contributed by atoms with E-state index >= 15 is 0 Å². The standard InChI is InChI=1S/C14H26N2O2/c1-9-4-5-11(8-12(9)15)13(17)16-14(3)6-7-18-10(14)2/h9-12H,4-8,15H2,1-3H3,(H,16,17). The molecule has 0 aromatic carbocycles. The molecule has 4 heteroatoms. The molecule has 4 nitrogen and oxygen atoms in total. The maximum Gasteiger partial charge on any atom is 0.223 e. The molecule has 0 aromatic heterocycles. The minimum absolute atomic E-state index is 0.0841. The molecule has 0 radical (unpaired) electrons. The zero-order valence-electron chi connectivity index (χ0n) is 11.7. The predicted molar refractivity (Wildman–Crippen MR) is 71.1 cm³/mol. The first kappa shape index (κ1) is 13.8. The van der Waals surface area contributed by atoms with Crippen LogP contribution in [0.4, 0.5) is 0 Å². The summed E-state index contributed by atoms with van der Waals surface area (Å²) in [7, 11) is 0. The lowest BCUT2D eigenvalue weighted by atomic mass is 9.78. The molecular weight excluding hydrogens is 228 g/mol. The SMILES string of the molecule is CC1CCC(C(=O)NC2(C)CCOC2C)CC1N. The highest BCUT2D eigenvalue weighted by Gasteiger charge is 2.40. The Balaban J connectivity index is 1.92. The molecule has 104 valence electrons. The van der Waals surface area contributed by atoms with E-state index in [1.54, 1.807) is 0 Å². The first-order valence-electron chi connectivity index (χ1n) is 7.11. The number of hydrogen-bond donors (Lipinski definition) is 2. The van der Waals surface area contributed by atoms with E-state index in [-0.39, 0.29) is 29.5 Å². The highest BCUT2D eigenvalue weighted by atomic mass is 16.5. The van der Waals surface area contributed by atoms with Gasteiger partial charge >= 0.3 is 0 Å². The zero-order chi connectivity index (χ0) is 13.3. The van der Waals surface area contributed by atoms with Gasteiger partial charge in [0.2, 0.25) is 5.91 Å². The van der Waals surface area contributed by atoms with Gasteiger partial charge in [-0.3, -0.25) is 4.79 Å². The van der Waals surface area contributed by atoms with Crippen LogP contribution >= 0.6 is 0 Å². The molecule has 1 amide bonds. The van der Waals surface area contributed by atoms with Crippen molar-refractivity contribution in [3.63, 3.8) is 0 Å². The van der Waals surface area contributed by atoms with Crippen molar-refractivity contribution in [2.45, 2.75) is 64.1 Å². The van der Waals surface area contributed by atoms with Crippen molar-refractivity contribution in [2.75, 3.05) is 6.61 Å². The fourth-order valence-electron chi connectivity index (χ4n) is 2.98. The number of ether oxygens (including phenoxy) is 1. The molecule has 2 aliphatic rings. The summed E-state index contributed by atoms with van der Waals surface area (Å²) in [6.45, 7) is 7.02. The maximum absolute atomic E-state index is 12.3. The van der Waals surface area contributed by atoms with E-state index in [1.807, 2.05) is 6.92 Å². The van der Waals surface area contributed by atoms with Crippen LogP contribution in [0.3, 0.4) is 0 Å². The molecule has 1 saturated carbocycles. The quantitative estimate of drug-likeness (QED) is 0.783. The van der Waals surface area contributed by atoms with E-state index in [0.717, 1.165) is 32.3 Å². The van der Waals surface area contributed by atoms with Gasteiger partial charge in [-0.1, -0.05) is 6.92 Å². The summed E-state index contributed by atoms with van der Waals surface area (Å²) in [5.74, 6) is 0.788. The van der Waals surface area contributed by atoms with Gasteiger partial charge in [-0.25, -0.2) is 0 Å². The van der Waals surface area contributed by atoms with Crippen molar-refractivity contribution in [3.05, 3.63) is 0 Å². The number of amides is 1. The molecule has 5 atom stereocenters. The third kappa shape index (κ3) is 2.69. The van der Waals surface area contributed by atoms with Crippen molar-refractivity contribution in [1.82, 2.24) is 5.32 Å². The Morgan fingerprint density at radius 3 is 2.67 bits per heavy atom. The molecule has 0 bridgehead atoms. The highest BCUT2D eigenvalue weighted by molar-refractivity contribution is 5.79. The Labute approximate surface area is 110 Å². The topological polar surface area (TPSA) is 64.3 Å². The van der Waals surface area contributed by atoms with Crippen LogP contribution in [0.5, 0.6) is 0 Å². The van der Waals surface area contributed by atoms with Gasteiger partial charge < -0.3 is 15.8 Å². The molecule has 5 unspecified atom stereocenters. The molecule has 0 spiro atoms. The fourth-order valence-corrected chi connectivity index (χ4v) is 2.98. The summed E-state index contributed by atoms with van der Waals surface area (Å²) in [6, 6.07) is 0.166. The van der Waals surface area contributed by atoms with Gasteiger partial charge in [0.1, 0.15) is 0 Å². The fraction of sp³-hybridized carbons (Fsp3) is 0.929. The second kappa shape index (κ2) is 5.17. The van der Waals surface area contributed by atoms with E-state index in [0.29, 0.717) is 5.92 Å². The number of carbonyl (C=O) groups excluding carboxylic acids is 1. The third-order valence-electron chi connectivity index (χ3n) is 4.92. The first-order chi connectivity index (χ1) is 8.42. The molecular formula is C14H26N2O2. The number of nitrogens with two attached hydrogens (primary N) is 1. The molecule has 1 aliphatic heterocycles. The maximum atomic E-state index is 12.3. The molecule has 1 saturated heterocycles. The van der Waals surface area contributed by atoms with Crippen LogP contribution < -0.4 is 11.1 Å². The minimum Gasteiger partial charge on any atom is -0.376 e. The smallest absolute Gasteiger partial charge is 0.223 e. The Kier molecular flexibility index (Phi) is 3.97. The van der Waals surface area contributed by atoms with E-state index in [9.17, 15) is 4.79 Å². The van der Waals surface area contributed by atoms with Gasteiger partial charge in [0.25, 0.3) is 0 Å². The summed E-state index contributed by atoms with van der Waals surface area (Å²) in [5, 5.41) is 3.19. The van der Waals surface area contributed by atoms with Crippen LogP contribution in [0, 0.1) is 11.8 Å². The molecule has 2 fully saturated rings. The van der Waals surface area contributed by atoms with E-state index in [4.69, 9.17) is 10.5 Å². The normalized spacial score (nSPS) is 44.9. The van der Waals surface area contributed by atoms with Crippen molar-refractivity contribution in [1.29, 1.82) is 0 Å². The van der Waals surface area contributed by atoms with Gasteiger partial charge in [-0.15, -0.1) is 0 Å². The lowest BCUT2D eigenvalue weighted by molar-refractivity contribution is -0.128. The summed E-state index contributed by atoms with van der Waals surface area (Å²) in [4.78, 5) is 12.3. The van der Waals surface area contributed by atoms with Gasteiger partial charge in [0, 0.05) is 18.6 Å². The van der Waals surface area contributed by atoms with Crippen molar-refractivity contribution in [3.8, 4) is 0 Å². The van der Waals surface area contributed by atoms with Crippen LogP contribution in [0.25, 0.3) is 0 Å². The van der Waals surface area contributed by atoms with E-state index < -0.39 is 0 Å². The Morgan fingerprint density at radius 1 is 1.39 bits per heavy atom. The monoisotopic (exact) mass is 254 g/mol. The summed E-state index contributed by atoms with van der Waals surface area (Å²) in [6.07, 6.45) is 3.83. The van der Waals surface area contributed by atoms with Gasteiger partial charge in [0.15, 0.2) is 0 Å². The lowest BCUT2D eigenvalue weighted by Gasteiger charge is -2.35. The first-order valence-corrected chi connectivity index (χ1v) is 7.11. The summed E-state index contributed by atoms with van der Waals surface area (Å²) in [5.41, 5.74) is 5.87. The summed E-state index contributed by atoms with van der Waals surface area (Å²) >= 11 is 0. The number of nitrogens with one attached hydrogen (secondary N) is 1. The van der Waals surface area contributed by atoms with Crippen molar-refractivity contribution >= 4 is 5.91 Å². The number of hydrogen-bond acceptors (Lipinski definition) is 3. The lowest BCUT2D eigenvalue weighted by Crippen LogP contribution is -2.53. The molecule has 0 aromatic rings. The molecule has 18 heavy (non-hydrogen) atoms. The zero-order valence-corrected chi connectivity index (χ0v) is 11.7. The van der Waals surface area contributed by atoms with Crippen molar-refractivity contribution in [2.24, 2.45) is 17.6 Å². The van der Waals surface area contributed by atoms with E-state index in [1.165, 1.54) is 0 Å². The van der Waals surface area contributed by atoms with Gasteiger partial charge in [0.05, 0.1) is 11.6 Å².